The van der Waals surface area contributed by atoms with Crippen LogP contribution in [0.1, 0.15) is 31.2 Å². The molecule has 0 aliphatic heterocycles. The van der Waals surface area contributed by atoms with E-state index in [9.17, 15) is 4.39 Å². The predicted molar refractivity (Wildman–Crippen MR) is 75.9 cm³/mol. The van der Waals surface area contributed by atoms with E-state index in [0.717, 1.165) is 24.0 Å². The second-order valence-corrected chi connectivity index (χ2v) is 4.95. The Morgan fingerprint density at radius 2 is 2.20 bits per heavy atom. The lowest BCUT2D eigenvalue weighted by molar-refractivity contribution is 0.356. The average Bonchev–Trinajstić information content (AvgIpc) is 2.86. The van der Waals surface area contributed by atoms with Gasteiger partial charge in [0.15, 0.2) is 0 Å². The van der Waals surface area contributed by atoms with Crippen LogP contribution in [0.2, 0.25) is 0 Å². The normalized spacial score (nSPS) is 12.6. The van der Waals surface area contributed by atoms with Crippen molar-refractivity contribution in [3.63, 3.8) is 0 Å². The Kier molecular flexibility index (Phi) is 4.84. The Morgan fingerprint density at radius 3 is 2.85 bits per heavy atom. The van der Waals surface area contributed by atoms with Crippen LogP contribution in [0.5, 0.6) is 0 Å². The Bertz CT molecular complexity index is 568. The zero-order valence-corrected chi connectivity index (χ0v) is 12.1. The first-order valence-corrected chi connectivity index (χ1v) is 6.90. The summed E-state index contributed by atoms with van der Waals surface area (Å²) in [6.45, 7) is 3.98. The smallest absolute Gasteiger partial charge is 0.228 e. The molecule has 0 saturated heterocycles. The van der Waals surface area contributed by atoms with Crippen molar-refractivity contribution in [1.82, 2.24) is 15.5 Å². The molecule has 5 heteroatoms. The Labute approximate surface area is 118 Å². The molecule has 20 heavy (non-hydrogen) atoms. The van der Waals surface area contributed by atoms with Crippen LogP contribution in [0, 0.1) is 12.7 Å². The summed E-state index contributed by atoms with van der Waals surface area (Å²) in [5, 5.41) is 7.23. The molecule has 4 nitrogen and oxygen atoms in total. The quantitative estimate of drug-likeness (QED) is 0.881. The molecule has 1 atom stereocenters. The molecule has 0 fully saturated rings. The van der Waals surface area contributed by atoms with Crippen LogP contribution >= 0.6 is 0 Å². The van der Waals surface area contributed by atoms with E-state index < -0.39 is 0 Å². The highest BCUT2D eigenvalue weighted by atomic mass is 19.1. The topological polar surface area (TPSA) is 51.0 Å². The monoisotopic (exact) mass is 277 g/mol. The number of aromatic nitrogens is 2. The summed E-state index contributed by atoms with van der Waals surface area (Å²) in [6, 6.07) is 4.90. The van der Waals surface area contributed by atoms with Gasteiger partial charge in [-0.05, 0) is 44.2 Å². The number of halogens is 1. The van der Waals surface area contributed by atoms with Crippen molar-refractivity contribution in [2.75, 3.05) is 7.05 Å². The van der Waals surface area contributed by atoms with E-state index in [1.54, 1.807) is 6.07 Å². The number of aryl methyl sites for hydroxylation is 1. The first-order chi connectivity index (χ1) is 9.63. The van der Waals surface area contributed by atoms with Crippen LogP contribution in [0.4, 0.5) is 4.39 Å². The Hall–Kier alpha value is -1.75. The molecule has 2 rings (SSSR count). The van der Waals surface area contributed by atoms with E-state index in [1.807, 2.05) is 14.0 Å². The number of nitrogens with zero attached hydrogens (tertiary/aromatic N) is 2. The molecule has 1 N–H and O–H groups in total. The van der Waals surface area contributed by atoms with Gasteiger partial charge in [-0.15, -0.1) is 0 Å². The molecule has 1 aromatic carbocycles. The molecule has 0 bridgehead atoms. The van der Waals surface area contributed by atoms with Gasteiger partial charge in [-0.1, -0.05) is 18.5 Å². The molecule has 108 valence electrons. The number of likely N-dealkylation sites (N-methyl/N-ethyl adjacent to an activating group) is 1. The molecule has 0 saturated carbocycles. The number of hydrogen-bond acceptors (Lipinski definition) is 4. The summed E-state index contributed by atoms with van der Waals surface area (Å²) in [6.07, 6.45) is 2.87. The minimum atomic E-state index is -0.256. The molecule has 1 aromatic heterocycles. The van der Waals surface area contributed by atoms with Crippen molar-refractivity contribution < 1.29 is 8.91 Å². The SMILES string of the molecule is CCCC(Cc1nc(-c2ccc(F)cc2C)no1)NC. The molecular formula is C15H20FN3O. The van der Waals surface area contributed by atoms with Crippen LogP contribution in [0.3, 0.4) is 0 Å². The Morgan fingerprint density at radius 1 is 1.40 bits per heavy atom. The minimum Gasteiger partial charge on any atom is -0.339 e. The fraction of sp³-hybridized carbons (Fsp3) is 0.467. The first kappa shape index (κ1) is 14.7. The van der Waals surface area contributed by atoms with Crippen LogP contribution < -0.4 is 5.32 Å². The number of hydrogen-bond donors (Lipinski definition) is 1. The van der Waals surface area contributed by atoms with Gasteiger partial charge in [-0.2, -0.15) is 4.98 Å². The zero-order valence-electron chi connectivity index (χ0n) is 12.1. The maximum absolute atomic E-state index is 13.1. The summed E-state index contributed by atoms with van der Waals surface area (Å²) < 4.78 is 18.4. The second-order valence-electron chi connectivity index (χ2n) is 4.95. The van der Waals surface area contributed by atoms with E-state index in [4.69, 9.17) is 4.52 Å². The van der Waals surface area contributed by atoms with Crippen molar-refractivity contribution in [2.45, 2.75) is 39.2 Å². The highest BCUT2D eigenvalue weighted by molar-refractivity contribution is 5.59. The van der Waals surface area contributed by atoms with Crippen LogP contribution in [0.15, 0.2) is 22.7 Å². The van der Waals surface area contributed by atoms with Crippen molar-refractivity contribution in [1.29, 1.82) is 0 Å². The van der Waals surface area contributed by atoms with Crippen molar-refractivity contribution in [2.24, 2.45) is 0 Å². The number of benzene rings is 1. The largest absolute Gasteiger partial charge is 0.339 e. The summed E-state index contributed by atoms with van der Waals surface area (Å²) in [7, 11) is 1.93. The van der Waals surface area contributed by atoms with Gasteiger partial charge in [0.1, 0.15) is 5.82 Å². The average molecular weight is 277 g/mol. The first-order valence-electron chi connectivity index (χ1n) is 6.90. The van der Waals surface area contributed by atoms with E-state index in [0.29, 0.717) is 24.2 Å². The molecule has 0 aliphatic carbocycles. The Balaban J connectivity index is 2.16. The molecular weight excluding hydrogens is 257 g/mol. The molecule has 0 radical (unpaired) electrons. The van der Waals surface area contributed by atoms with Crippen LogP contribution in [-0.2, 0) is 6.42 Å². The van der Waals surface area contributed by atoms with E-state index >= 15 is 0 Å². The van der Waals surface area contributed by atoms with Gasteiger partial charge in [0.05, 0.1) is 0 Å². The molecule has 2 aromatic rings. The lowest BCUT2D eigenvalue weighted by atomic mass is 10.1. The standard InChI is InChI=1S/C15H20FN3O/c1-4-5-12(17-3)9-14-18-15(19-20-14)13-7-6-11(16)8-10(13)2/h6-8,12,17H,4-5,9H2,1-3H3. The summed E-state index contributed by atoms with van der Waals surface area (Å²) in [5.74, 6) is 0.869. The molecule has 0 amide bonds. The number of nitrogens with one attached hydrogen (secondary N) is 1. The lowest BCUT2D eigenvalue weighted by Crippen LogP contribution is -2.27. The van der Waals surface area contributed by atoms with Gasteiger partial charge in [-0.25, -0.2) is 4.39 Å². The fourth-order valence-corrected chi connectivity index (χ4v) is 2.23. The highest BCUT2D eigenvalue weighted by Gasteiger charge is 2.14. The zero-order chi connectivity index (χ0) is 14.5. The van der Waals surface area contributed by atoms with Gasteiger partial charge in [-0.3, -0.25) is 0 Å². The highest BCUT2D eigenvalue weighted by Crippen LogP contribution is 2.21. The van der Waals surface area contributed by atoms with E-state index in [-0.39, 0.29) is 5.82 Å². The predicted octanol–water partition coefficient (Wildman–Crippen LogP) is 3.11. The van der Waals surface area contributed by atoms with Gasteiger partial charge in [0.2, 0.25) is 11.7 Å². The maximum Gasteiger partial charge on any atom is 0.228 e. The maximum atomic E-state index is 13.1. The third kappa shape index (κ3) is 3.42. The third-order valence-electron chi connectivity index (χ3n) is 3.36. The summed E-state index contributed by atoms with van der Waals surface area (Å²) in [4.78, 5) is 4.40. The van der Waals surface area contributed by atoms with Gasteiger partial charge in [0, 0.05) is 18.0 Å². The van der Waals surface area contributed by atoms with Crippen LogP contribution in [-0.4, -0.2) is 23.2 Å². The third-order valence-corrected chi connectivity index (χ3v) is 3.36. The van der Waals surface area contributed by atoms with E-state index in [2.05, 4.69) is 22.4 Å². The van der Waals surface area contributed by atoms with Gasteiger partial charge in [0.25, 0.3) is 0 Å². The fourth-order valence-electron chi connectivity index (χ4n) is 2.23. The molecule has 1 unspecified atom stereocenters. The summed E-state index contributed by atoms with van der Waals surface area (Å²) >= 11 is 0. The second kappa shape index (κ2) is 6.61. The van der Waals surface area contributed by atoms with Gasteiger partial charge >= 0.3 is 0 Å². The lowest BCUT2D eigenvalue weighted by Gasteiger charge is -2.11. The van der Waals surface area contributed by atoms with Crippen LogP contribution in [0.25, 0.3) is 11.4 Å². The van der Waals surface area contributed by atoms with Crippen molar-refractivity contribution in [3.8, 4) is 11.4 Å². The molecule has 1 heterocycles. The number of rotatable bonds is 6. The van der Waals surface area contributed by atoms with E-state index in [1.165, 1.54) is 12.1 Å². The summed E-state index contributed by atoms with van der Waals surface area (Å²) in [5.41, 5.74) is 1.61. The molecule has 0 spiro atoms. The minimum absolute atomic E-state index is 0.256. The van der Waals surface area contributed by atoms with Crippen molar-refractivity contribution in [3.05, 3.63) is 35.5 Å². The molecule has 0 aliphatic rings. The van der Waals surface area contributed by atoms with Gasteiger partial charge < -0.3 is 9.84 Å². The van der Waals surface area contributed by atoms with Crippen molar-refractivity contribution >= 4 is 0 Å².